The summed E-state index contributed by atoms with van der Waals surface area (Å²) in [5.41, 5.74) is 3.19. The number of nitrogens with one attached hydrogen (secondary N) is 1. The lowest BCUT2D eigenvalue weighted by Gasteiger charge is -2.31. The van der Waals surface area contributed by atoms with E-state index in [1.165, 1.54) is 16.6 Å². The number of rotatable bonds is 2. The van der Waals surface area contributed by atoms with E-state index in [0.717, 1.165) is 25.9 Å². The minimum atomic E-state index is 0.0989. The van der Waals surface area contributed by atoms with Crippen LogP contribution in [0.3, 0.4) is 0 Å². The van der Waals surface area contributed by atoms with E-state index in [4.69, 9.17) is 11.6 Å². The fourth-order valence-electron chi connectivity index (χ4n) is 3.48. The van der Waals surface area contributed by atoms with Crippen LogP contribution in [-0.2, 0) is 0 Å². The Morgan fingerprint density at radius 3 is 2.46 bits per heavy atom. The Labute approximate surface area is 146 Å². The standard InChI is InChI=1S/C20H19ClN2O/c21-17-7-5-15(6-8-17)20(24)23-11-9-14(10-12-23)19-13-16-3-1-2-4-18(16)22-19/h1-8,13-14,22H,9-12H2. The highest BCUT2D eigenvalue weighted by molar-refractivity contribution is 6.30. The number of para-hydroxylation sites is 1. The number of hydrogen-bond acceptors (Lipinski definition) is 1. The number of likely N-dealkylation sites (tertiary alicyclic amines) is 1. The van der Waals surface area contributed by atoms with Gasteiger partial charge < -0.3 is 9.88 Å². The molecule has 0 bridgehead atoms. The Bertz CT molecular complexity index is 828. The Hall–Kier alpha value is -2.26. The SMILES string of the molecule is O=C(c1ccc(Cl)cc1)N1CCC(c2cc3ccccc3[nH]2)CC1. The van der Waals surface area contributed by atoms with Crippen molar-refractivity contribution in [1.82, 2.24) is 9.88 Å². The van der Waals surface area contributed by atoms with E-state index in [9.17, 15) is 4.79 Å². The Morgan fingerprint density at radius 1 is 1.04 bits per heavy atom. The molecule has 0 spiro atoms. The monoisotopic (exact) mass is 338 g/mol. The van der Waals surface area contributed by atoms with E-state index in [2.05, 4.69) is 35.3 Å². The first-order valence-corrected chi connectivity index (χ1v) is 8.71. The van der Waals surface area contributed by atoms with Gasteiger partial charge in [0.1, 0.15) is 0 Å². The summed E-state index contributed by atoms with van der Waals surface area (Å²) >= 11 is 5.89. The van der Waals surface area contributed by atoms with Crippen LogP contribution in [0.1, 0.15) is 34.8 Å². The lowest BCUT2D eigenvalue weighted by atomic mass is 9.93. The summed E-state index contributed by atoms with van der Waals surface area (Å²) in [6, 6.07) is 17.7. The van der Waals surface area contributed by atoms with Gasteiger partial charge in [-0.3, -0.25) is 4.79 Å². The molecule has 0 aliphatic carbocycles. The van der Waals surface area contributed by atoms with Gasteiger partial charge in [-0.05, 0) is 54.6 Å². The molecular weight excluding hydrogens is 320 g/mol. The first-order valence-electron chi connectivity index (χ1n) is 8.33. The summed E-state index contributed by atoms with van der Waals surface area (Å²) in [5, 5.41) is 1.91. The quantitative estimate of drug-likeness (QED) is 0.713. The molecule has 4 rings (SSSR count). The third kappa shape index (κ3) is 2.92. The lowest BCUT2D eigenvalue weighted by molar-refractivity contribution is 0.0712. The number of aromatic amines is 1. The van der Waals surface area contributed by atoms with E-state index in [1.807, 2.05) is 4.90 Å². The zero-order chi connectivity index (χ0) is 16.5. The molecule has 1 N–H and O–H groups in total. The van der Waals surface area contributed by atoms with Crippen molar-refractivity contribution in [3.63, 3.8) is 0 Å². The van der Waals surface area contributed by atoms with Gasteiger partial charge in [0.15, 0.2) is 0 Å². The van der Waals surface area contributed by atoms with Crippen molar-refractivity contribution in [2.45, 2.75) is 18.8 Å². The zero-order valence-corrected chi connectivity index (χ0v) is 14.1. The number of carbonyl (C=O) groups is 1. The molecule has 1 aliphatic rings. The van der Waals surface area contributed by atoms with Crippen LogP contribution in [-0.4, -0.2) is 28.9 Å². The van der Waals surface area contributed by atoms with Crippen LogP contribution < -0.4 is 0 Å². The minimum Gasteiger partial charge on any atom is -0.358 e. The predicted molar refractivity (Wildman–Crippen MR) is 97.6 cm³/mol. The predicted octanol–water partition coefficient (Wildman–Crippen LogP) is 4.84. The number of fused-ring (bicyclic) bond motifs is 1. The number of H-pyrrole nitrogens is 1. The van der Waals surface area contributed by atoms with Gasteiger partial charge in [-0.1, -0.05) is 29.8 Å². The number of amides is 1. The minimum absolute atomic E-state index is 0.0989. The molecule has 0 radical (unpaired) electrons. The molecule has 1 fully saturated rings. The van der Waals surface area contributed by atoms with Crippen LogP contribution in [0.2, 0.25) is 5.02 Å². The highest BCUT2D eigenvalue weighted by atomic mass is 35.5. The molecule has 3 aromatic rings. The molecular formula is C20H19ClN2O. The van der Waals surface area contributed by atoms with Gasteiger partial charge in [0.2, 0.25) is 0 Å². The number of halogens is 1. The molecule has 24 heavy (non-hydrogen) atoms. The second-order valence-corrected chi connectivity index (χ2v) is 6.82. The van der Waals surface area contributed by atoms with Gasteiger partial charge in [-0.15, -0.1) is 0 Å². The third-order valence-electron chi connectivity index (χ3n) is 4.86. The average Bonchev–Trinajstić information content (AvgIpc) is 3.06. The molecule has 1 saturated heterocycles. The Balaban J connectivity index is 1.44. The molecule has 1 aliphatic heterocycles. The Morgan fingerprint density at radius 2 is 1.75 bits per heavy atom. The summed E-state index contributed by atoms with van der Waals surface area (Å²) in [6.07, 6.45) is 1.98. The highest BCUT2D eigenvalue weighted by Gasteiger charge is 2.25. The van der Waals surface area contributed by atoms with Gasteiger partial charge in [0, 0.05) is 40.8 Å². The number of benzene rings is 2. The molecule has 2 heterocycles. The van der Waals surface area contributed by atoms with E-state index in [-0.39, 0.29) is 5.91 Å². The summed E-state index contributed by atoms with van der Waals surface area (Å²) in [4.78, 5) is 18.0. The number of nitrogens with zero attached hydrogens (tertiary/aromatic N) is 1. The van der Waals surface area contributed by atoms with Gasteiger partial charge >= 0.3 is 0 Å². The second-order valence-electron chi connectivity index (χ2n) is 6.39. The molecule has 122 valence electrons. The van der Waals surface area contributed by atoms with Crippen molar-refractivity contribution in [1.29, 1.82) is 0 Å². The number of hydrogen-bond donors (Lipinski definition) is 1. The molecule has 0 saturated carbocycles. The third-order valence-corrected chi connectivity index (χ3v) is 5.12. The van der Waals surface area contributed by atoms with E-state index >= 15 is 0 Å². The molecule has 3 nitrogen and oxygen atoms in total. The van der Waals surface area contributed by atoms with E-state index in [0.29, 0.717) is 16.5 Å². The summed E-state index contributed by atoms with van der Waals surface area (Å²) < 4.78 is 0. The van der Waals surface area contributed by atoms with Crippen LogP contribution >= 0.6 is 11.6 Å². The first-order chi connectivity index (χ1) is 11.7. The fraction of sp³-hybridized carbons (Fsp3) is 0.250. The summed E-state index contributed by atoms with van der Waals surface area (Å²) in [5.74, 6) is 0.591. The molecule has 0 atom stereocenters. The van der Waals surface area contributed by atoms with Crippen LogP contribution in [0, 0.1) is 0 Å². The molecule has 0 unspecified atom stereocenters. The van der Waals surface area contributed by atoms with Gasteiger partial charge in [0.05, 0.1) is 0 Å². The number of aromatic nitrogens is 1. The maximum Gasteiger partial charge on any atom is 0.253 e. The van der Waals surface area contributed by atoms with Crippen LogP contribution in [0.5, 0.6) is 0 Å². The van der Waals surface area contributed by atoms with Gasteiger partial charge in [0.25, 0.3) is 5.91 Å². The largest absolute Gasteiger partial charge is 0.358 e. The highest BCUT2D eigenvalue weighted by Crippen LogP contribution is 2.30. The van der Waals surface area contributed by atoms with Crippen LogP contribution in [0.4, 0.5) is 0 Å². The van der Waals surface area contributed by atoms with Gasteiger partial charge in [-0.2, -0.15) is 0 Å². The smallest absolute Gasteiger partial charge is 0.253 e. The normalized spacial score (nSPS) is 15.8. The van der Waals surface area contributed by atoms with Crippen molar-refractivity contribution < 1.29 is 4.79 Å². The topological polar surface area (TPSA) is 36.1 Å². The van der Waals surface area contributed by atoms with Crippen LogP contribution in [0.25, 0.3) is 10.9 Å². The number of piperidine rings is 1. The summed E-state index contributed by atoms with van der Waals surface area (Å²) in [6.45, 7) is 1.59. The number of carbonyl (C=O) groups excluding carboxylic acids is 1. The zero-order valence-electron chi connectivity index (χ0n) is 13.3. The maximum absolute atomic E-state index is 12.6. The Kier molecular flexibility index (Phi) is 4.03. The van der Waals surface area contributed by atoms with Gasteiger partial charge in [-0.25, -0.2) is 0 Å². The van der Waals surface area contributed by atoms with Crippen molar-refractivity contribution in [3.8, 4) is 0 Å². The van der Waals surface area contributed by atoms with E-state index in [1.54, 1.807) is 24.3 Å². The van der Waals surface area contributed by atoms with Crippen LogP contribution in [0.15, 0.2) is 54.6 Å². The van der Waals surface area contributed by atoms with Crippen molar-refractivity contribution in [2.75, 3.05) is 13.1 Å². The molecule has 4 heteroatoms. The average molecular weight is 339 g/mol. The van der Waals surface area contributed by atoms with Crippen molar-refractivity contribution >= 4 is 28.4 Å². The molecule has 1 aromatic heterocycles. The van der Waals surface area contributed by atoms with Crippen molar-refractivity contribution in [3.05, 3.63) is 70.9 Å². The second kappa shape index (κ2) is 6.33. The molecule has 1 amide bonds. The molecule has 2 aromatic carbocycles. The summed E-state index contributed by atoms with van der Waals surface area (Å²) in [7, 11) is 0. The lowest BCUT2D eigenvalue weighted by Crippen LogP contribution is -2.37. The first kappa shape index (κ1) is 15.3. The van der Waals surface area contributed by atoms with Crippen molar-refractivity contribution in [2.24, 2.45) is 0 Å². The van der Waals surface area contributed by atoms with E-state index < -0.39 is 0 Å². The fourth-order valence-corrected chi connectivity index (χ4v) is 3.61. The maximum atomic E-state index is 12.6.